The lowest BCUT2D eigenvalue weighted by molar-refractivity contribution is 0.0510. The summed E-state index contributed by atoms with van der Waals surface area (Å²) in [5.74, 6) is -0.306. The summed E-state index contributed by atoms with van der Waals surface area (Å²) in [7, 11) is 0. The molecule has 1 unspecified atom stereocenters. The van der Waals surface area contributed by atoms with Gasteiger partial charge < -0.3 is 10.1 Å². The Labute approximate surface area is 297 Å². The summed E-state index contributed by atoms with van der Waals surface area (Å²) in [6, 6.07) is 40.5. The lowest BCUT2D eigenvalue weighted by Gasteiger charge is -2.42. The smallest absolute Gasteiger partial charge is 0.356 e. The van der Waals surface area contributed by atoms with Gasteiger partial charge in [0.25, 0.3) is 0 Å². The Hall–Kier alpha value is -4.53. The summed E-state index contributed by atoms with van der Waals surface area (Å²) in [6.45, 7) is 5.20. The van der Waals surface area contributed by atoms with Crippen molar-refractivity contribution in [2.75, 3.05) is 26.2 Å². The Kier molecular flexibility index (Phi) is 10.1. The number of aromatic nitrogens is 2. The van der Waals surface area contributed by atoms with Gasteiger partial charge in [-0.25, -0.2) is 4.79 Å². The van der Waals surface area contributed by atoms with Crippen LogP contribution in [0.15, 0.2) is 125 Å². The van der Waals surface area contributed by atoms with Crippen molar-refractivity contribution < 1.29 is 9.53 Å². The molecular weight excluding hydrogens is 674 g/mol. The van der Waals surface area contributed by atoms with Gasteiger partial charge in [0.2, 0.25) is 0 Å². The zero-order valence-electron chi connectivity index (χ0n) is 27.9. The summed E-state index contributed by atoms with van der Waals surface area (Å²) in [5.41, 5.74) is 7.81. The maximum Gasteiger partial charge on any atom is 0.356 e. The number of benzene rings is 4. The van der Waals surface area contributed by atoms with Gasteiger partial charge in [0.15, 0.2) is 0 Å². The number of hydrogen-bond acceptors (Lipinski definition) is 6. The molecule has 5 aromatic rings. The minimum atomic E-state index is -0.650. The zero-order valence-corrected chi connectivity index (χ0v) is 29.5. The first kappa shape index (κ1) is 33.0. The third kappa shape index (κ3) is 6.59. The first-order chi connectivity index (χ1) is 24.1. The molecule has 1 aliphatic heterocycles. The second kappa shape index (κ2) is 14.9. The zero-order chi connectivity index (χ0) is 33.6. The second-order valence-corrected chi connectivity index (χ2v) is 13.6. The molecule has 2 aliphatic rings. The largest absolute Gasteiger partial charge is 0.461 e. The van der Waals surface area contributed by atoms with E-state index in [1.807, 2.05) is 11.6 Å². The fraction of sp³-hybridized carbons (Fsp3) is 0.293. The standard InChI is InChI=1S/C41H42BrN5O2/c1-2-49-40(48)39-35-23-24-37-36(38(35)45-46(39)28-12-26-43-27-25-30-19-21-34(42)22-20-30)29-47(44-37)41(31-13-6-3-7-14-31,32-15-8-4-9-16-32)33-17-10-5-11-18-33/h3-11,13-22,36,43H,2,12,23-29H2,1H3. The monoisotopic (exact) mass is 715 g/mol. The minimum Gasteiger partial charge on any atom is -0.461 e. The van der Waals surface area contributed by atoms with E-state index < -0.39 is 5.54 Å². The fourth-order valence-corrected chi connectivity index (χ4v) is 7.72. The molecule has 250 valence electrons. The van der Waals surface area contributed by atoms with Crippen LogP contribution in [-0.4, -0.2) is 52.7 Å². The first-order valence-corrected chi connectivity index (χ1v) is 18.1. The molecule has 7 nitrogen and oxygen atoms in total. The predicted octanol–water partition coefficient (Wildman–Crippen LogP) is 7.74. The van der Waals surface area contributed by atoms with Crippen LogP contribution in [0.25, 0.3) is 0 Å². The van der Waals surface area contributed by atoms with E-state index in [1.54, 1.807) is 0 Å². The van der Waals surface area contributed by atoms with Gasteiger partial charge in [-0.15, -0.1) is 0 Å². The van der Waals surface area contributed by atoms with Crippen molar-refractivity contribution in [3.8, 4) is 0 Å². The van der Waals surface area contributed by atoms with Crippen LogP contribution in [0.4, 0.5) is 0 Å². The molecule has 0 saturated heterocycles. The minimum absolute atomic E-state index is 0.0160. The van der Waals surface area contributed by atoms with E-state index in [2.05, 4.69) is 142 Å². The third-order valence-corrected chi connectivity index (χ3v) is 10.2. The summed E-state index contributed by atoms with van der Waals surface area (Å²) in [4.78, 5) is 13.4. The van der Waals surface area contributed by atoms with Crippen LogP contribution in [0.2, 0.25) is 0 Å². The number of hydrazone groups is 1. The Morgan fingerprint density at radius 1 is 0.857 bits per heavy atom. The molecule has 7 rings (SSSR count). The highest BCUT2D eigenvalue weighted by Crippen LogP contribution is 2.47. The van der Waals surface area contributed by atoms with Gasteiger partial charge in [-0.2, -0.15) is 10.2 Å². The van der Waals surface area contributed by atoms with Crippen LogP contribution in [0, 0.1) is 0 Å². The molecule has 1 N–H and O–H groups in total. The van der Waals surface area contributed by atoms with Gasteiger partial charge >= 0.3 is 5.97 Å². The van der Waals surface area contributed by atoms with E-state index in [1.165, 1.54) is 5.56 Å². The van der Waals surface area contributed by atoms with Crippen molar-refractivity contribution >= 4 is 27.6 Å². The number of fused-ring (bicyclic) bond motifs is 3. The van der Waals surface area contributed by atoms with Crippen molar-refractivity contribution in [3.05, 3.63) is 159 Å². The molecule has 4 aromatic carbocycles. The Bertz CT molecular complexity index is 1790. The van der Waals surface area contributed by atoms with Crippen LogP contribution in [0.3, 0.4) is 0 Å². The van der Waals surface area contributed by atoms with Crippen LogP contribution in [-0.2, 0) is 29.7 Å². The summed E-state index contributed by atoms with van der Waals surface area (Å²) in [6.07, 6.45) is 3.31. The topological polar surface area (TPSA) is 71.8 Å². The number of halogens is 1. The molecule has 1 aliphatic carbocycles. The number of hydrogen-bond donors (Lipinski definition) is 1. The molecule has 0 amide bonds. The predicted molar refractivity (Wildman–Crippen MR) is 198 cm³/mol. The van der Waals surface area contributed by atoms with Crippen molar-refractivity contribution in [2.45, 2.75) is 50.6 Å². The number of carbonyl (C=O) groups is 1. The summed E-state index contributed by atoms with van der Waals surface area (Å²) in [5, 5.41) is 16.5. The first-order valence-electron chi connectivity index (χ1n) is 17.3. The molecule has 0 saturated carbocycles. The van der Waals surface area contributed by atoms with E-state index in [4.69, 9.17) is 14.9 Å². The third-order valence-electron chi connectivity index (χ3n) is 9.71. The van der Waals surface area contributed by atoms with Crippen molar-refractivity contribution in [3.63, 3.8) is 0 Å². The number of aryl methyl sites for hydroxylation is 1. The number of nitrogens with one attached hydrogen (secondary N) is 1. The Balaban J connectivity index is 1.17. The molecule has 1 aromatic heterocycles. The highest BCUT2D eigenvalue weighted by atomic mass is 79.9. The van der Waals surface area contributed by atoms with E-state index in [9.17, 15) is 4.79 Å². The Morgan fingerprint density at radius 2 is 1.47 bits per heavy atom. The molecule has 1 atom stereocenters. The van der Waals surface area contributed by atoms with Gasteiger partial charge in [-0.1, -0.05) is 119 Å². The molecule has 0 radical (unpaired) electrons. The molecule has 8 heteroatoms. The van der Waals surface area contributed by atoms with Crippen molar-refractivity contribution in [1.29, 1.82) is 0 Å². The molecule has 0 bridgehead atoms. The van der Waals surface area contributed by atoms with Gasteiger partial charge in [0.1, 0.15) is 11.2 Å². The highest BCUT2D eigenvalue weighted by molar-refractivity contribution is 9.10. The quantitative estimate of drug-likeness (QED) is 0.0768. The van der Waals surface area contributed by atoms with Gasteiger partial charge in [0, 0.05) is 22.3 Å². The van der Waals surface area contributed by atoms with Crippen molar-refractivity contribution in [1.82, 2.24) is 20.1 Å². The van der Waals surface area contributed by atoms with Crippen molar-refractivity contribution in [2.24, 2.45) is 5.10 Å². The molecule has 0 spiro atoms. The maximum absolute atomic E-state index is 13.4. The van der Waals surface area contributed by atoms with Gasteiger partial charge in [0.05, 0.1) is 24.8 Å². The van der Waals surface area contributed by atoms with Crippen LogP contribution in [0.1, 0.15) is 69.7 Å². The van der Waals surface area contributed by atoms with Gasteiger partial charge in [-0.3, -0.25) is 9.69 Å². The summed E-state index contributed by atoms with van der Waals surface area (Å²) >= 11 is 3.51. The average Bonchev–Trinajstić information content (AvgIpc) is 3.74. The van der Waals surface area contributed by atoms with E-state index in [0.29, 0.717) is 31.8 Å². The normalized spacial score (nSPS) is 15.4. The average molecular weight is 717 g/mol. The number of esters is 1. The van der Waals surface area contributed by atoms with Crippen LogP contribution in [0.5, 0.6) is 0 Å². The number of nitrogens with zero attached hydrogens (tertiary/aromatic N) is 4. The Morgan fingerprint density at radius 3 is 2.06 bits per heavy atom. The molecule has 2 heterocycles. The molecule has 0 fully saturated rings. The van der Waals surface area contributed by atoms with E-state index in [0.717, 1.165) is 70.5 Å². The lowest BCUT2D eigenvalue weighted by atomic mass is 9.76. The fourth-order valence-electron chi connectivity index (χ4n) is 7.46. The lowest BCUT2D eigenvalue weighted by Crippen LogP contribution is -2.45. The number of carbonyl (C=O) groups excluding carboxylic acids is 1. The van der Waals surface area contributed by atoms with Gasteiger partial charge in [-0.05, 0) is 80.1 Å². The molecular formula is C41H42BrN5O2. The highest BCUT2D eigenvalue weighted by Gasteiger charge is 2.48. The summed E-state index contributed by atoms with van der Waals surface area (Å²) < 4.78 is 8.60. The van der Waals surface area contributed by atoms with Crippen LogP contribution >= 0.6 is 15.9 Å². The SMILES string of the molecule is CCOC(=O)c1c2c(nn1CCCNCCc1ccc(Br)cc1)C1CN(C(c3ccccc3)(c3ccccc3)c3ccccc3)N=C1CC2. The number of ether oxygens (including phenoxy) is 1. The van der Waals surface area contributed by atoms with E-state index >= 15 is 0 Å². The maximum atomic E-state index is 13.4. The van der Waals surface area contributed by atoms with E-state index in [-0.39, 0.29) is 11.9 Å². The number of rotatable bonds is 13. The molecule has 49 heavy (non-hydrogen) atoms. The second-order valence-electron chi connectivity index (χ2n) is 12.7. The van der Waals surface area contributed by atoms with Crippen LogP contribution < -0.4 is 5.32 Å².